The van der Waals surface area contributed by atoms with Gasteiger partial charge in [-0.25, -0.2) is 0 Å². The van der Waals surface area contributed by atoms with Crippen molar-refractivity contribution in [3.8, 4) is 0 Å². The van der Waals surface area contributed by atoms with Crippen LogP contribution in [-0.2, 0) is 4.79 Å². The predicted octanol–water partition coefficient (Wildman–Crippen LogP) is 1.13. The smallest absolute Gasteiger partial charge is 0.164 e. The van der Waals surface area contributed by atoms with E-state index in [2.05, 4.69) is 14.1 Å². The van der Waals surface area contributed by atoms with Gasteiger partial charge in [-0.15, -0.1) is 0 Å². The highest BCUT2D eigenvalue weighted by molar-refractivity contribution is 5.99. The molecular weight excluding hydrogens is 150 g/mol. The van der Waals surface area contributed by atoms with Crippen molar-refractivity contribution in [2.45, 2.75) is 19.3 Å². The summed E-state index contributed by atoms with van der Waals surface area (Å²) in [4.78, 5) is 11.4. The third kappa shape index (κ3) is 1.20. The van der Waals surface area contributed by atoms with Gasteiger partial charge in [-0.3, -0.25) is 4.79 Å². The van der Waals surface area contributed by atoms with Gasteiger partial charge in [0.15, 0.2) is 5.78 Å². The molecule has 0 aromatic carbocycles. The van der Waals surface area contributed by atoms with Gasteiger partial charge in [-0.1, -0.05) is 5.57 Å². The molecular formula is C10H16NO+. The van der Waals surface area contributed by atoms with Gasteiger partial charge in [0.2, 0.25) is 0 Å². The van der Waals surface area contributed by atoms with Crippen LogP contribution >= 0.6 is 0 Å². The van der Waals surface area contributed by atoms with E-state index in [9.17, 15) is 4.79 Å². The number of Topliss-reactive ketones (excluding diaryl/α,β-unsaturated/α-hetero) is 1. The van der Waals surface area contributed by atoms with Gasteiger partial charge in [0.1, 0.15) is 6.54 Å². The molecule has 2 nitrogen and oxygen atoms in total. The Morgan fingerprint density at radius 1 is 1.17 bits per heavy atom. The summed E-state index contributed by atoms with van der Waals surface area (Å²) in [7, 11) is 4.41. The Bertz CT molecular complexity index is 263. The molecule has 0 bridgehead atoms. The number of likely N-dealkylation sites (N-methyl/N-ethyl adjacent to an activating group) is 1. The second-order valence-corrected chi connectivity index (χ2v) is 4.57. The lowest BCUT2D eigenvalue weighted by Gasteiger charge is -2.33. The molecule has 0 fully saturated rings. The predicted molar refractivity (Wildman–Crippen MR) is 47.7 cm³/mol. The Balaban J connectivity index is 2.27. The van der Waals surface area contributed by atoms with Gasteiger partial charge in [0, 0.05) is 18.4 Å². The summed E-state index contributed by atoms with van der Waals surface area (Å²) >= 11 is 0. The van der Waals surface area contributed by atoms with Crippen LogP contribution in [0.2, 0.25) is 0 Å². The van der Waals surface area contributed by atoms with Gasteiger partial charge in [0.25, 0.3) is 0 Å². The third-order valence-electron chi connectivity index (χ3n) is 3.02. The van der Waals surface area contributed by atoms with E-state index >= 15 is 0 Å². The van der Waals surface area contributed by atoms with E-state index in [1.165, 1.54) is 12.1 Å². The Morgan fingerprint density at radius 2 is 1.92 bits per heavy atom. The van der Waals surface area contributed by atoms with Crippen LogP contribution < -0.4 is 0 Å². The maximum Gasteiger partial charge on any atom is 0.164 e. The highest BCUT2D eigenvalue weighted by atomic mass is 16.1. The molecule has 2 aliphatic rings. The number of ketones is 1. The molecule has 0 spiro atoms. The lowest BCUT2D eigenvalue weighted by atomic mass is 10.0. The topological polar surface area (TPSA) is 17.1 Å². The lowest BCUT2D eigenvalue weighted by molar-refractivity contribution is -0.886. The number of nitrogens with zero attached hydrogens (tertiary/aromatic N) is 1. The SMILES string of the molecule is C[N+]1(C)CCC2=C(C1)C(=O)CC2. The molecule has 0 aromatic rings. The quantitative estimate of drug-likeness (QED) is 0.493. The van der Waals surface area contributed by atoms with Crippen molar-refractivity contribution in [1.29, 1.82) is 0 Å². The first-order valence-corrected chi connectivity index (χ1v) is 4.65. The molecule has 0 unspecified atom stereocenters. The molecule has 0 saturated carbocycles. The fourth-order valence-electron chi connectivity index (χ4n) is 2.18. The maximum atomic E-state index is 11.4. The van der Waals surface area contributed by atoms with E-state index in [0.717, 1.165) is 35.9 Å². The molecule has 1 heterocycles. The van der Waals surface area contributed by atoms with Gasteiger partial charge < -0.3 is 4.48 Å². The van der Waals surface area contributed by atoms with Crippen LogP contribution in [0.15, 0.2) is 11.1 Å². The van der Waals surface area contributed by atoms with E-state index in [0.29, 0.717) is 5.78 Å². The summed E-state index contributed by atoms with van der Waals surface area (Å²) in [5.41, 5.74) is 2.61. The Labute approximate surface area is 73.5 Å². The fourth-order valence-corrected chi connectivity index (χ4v) is 2.18. The van der Waals surface area contributed by atoms with Gasteiger partial charge in [-0.05, 0) is 6.42 Å². The fraction of sp³-hybridized carbons (Fsp3) is 0.700. The van der Waals surface area contributed by atoms with Crippen molar-refractivity contribution in [1.82, 2.24) is 0 Å². The van der Waals surface area contributed by atoms with Crippen LogP contribution in [0.5, 0.6) is 0 Å². The Morgan fingerprint density at radius 3 is 2.67 bits per heavy atom. The molecule has 12 heavy (non-hydrogen) atoms. The summed E-state index contributed by atoms with van der Waals surface area (Å²) < 4.78 is 0.991. The summed E-state index contributed by atoms with van der Waals surface area (Å²) in [6.07, 6.45) is 2.98. The van der Waals surface area contributed by atoms with E-state index in [1.807, 2.05) is 0 Å². The number of hydrogen-bond acceptors (Lipinski definition) is 1. The summed E-state index contributed by atoms with van der Waals surface area (Å²) in [5.74, 6) is 0.413. The molecule has 0 atom stereocenters. The molecule has 0 aromatic heterocycles. The normalized spacial score (nSPS) is 27.7. The molecule has 0 radical (unpaired) electrons. The average Bonchev–Trinajstić information content (AvgIpc) is 2.31. The van der Waals surface area contributed by atoms with Gasteiger partial charge >= 0.3 is 0 Å². The molecule has 1 aliphatic carbocycles. The molecule has 2 rings (SSSR count). The van der Waals surface area contributed by atoms with Crippen LogP contribution in [0.1, 0.15) is 19.3 Å². The van der Waals surface area contributed by atoms with Crippen molar-refractivity contribution in [2.75, 3.05) is 27.2 Å². The zero-order chi connectivity index (χ0) is 8.77. The van der Waals surface area contributed by atoms with E-state index in [4.69, 9.17) is 0 Å². The van der Waals surface area contributed by atoms with E-state index in [1.54, 1.807) is 0 Å². The van der Waals surface area contributed by atoms with Gasteiger partial charge in [0.05, 0.1) is 20.6 Å². The van der Waals surface area contributed by atoms with Crippen molar-refractivity contribution in [3.63, 3.8) is 0 Å². The second-order valence-electron chi connectivity index (χ2n) is 4.57. The summed E-state index contributed by atoms with van der Waals surface area (Å²) in [5, 5.41) is 0. The zero-order valence-electron chi connectivity index (χ0n) is 7.89. The maximum absolute atomic E-state index is 11.4. The summed E-state index contributed by atoms with van der Waals surface area (Å²) in [6, 6.07) is 0. The minimum Gasteiger partial charge on any atom is -0.324 e. The molecule has 0 amide bonds. The van der Waals surface area contributed by atoms with Crippen LogP contribution in [0.3, 0.4) is 0 Å². The highest BCUT2D eigenvalue weighted by Crippen LogP contribution is 2.31. The minimum atomic E-state index is 0.413. The van der Waals surface area contributed by atoms with Gasteiger partial charge in [-0.2, -0.15) is 0 Å². The number of quaternary nitrogens is 1. The molecule has 2 heteroatoms. The average molecular weight is 166 g/mol. The Hall–Kier alpha value is -0.630. The highest BCUT2D eigenvalue weighted by Gasteiger charge is 2.33. The first kappa shape index (κ1) is 7.99. The largest absolute Gasteiger partial charge is 0.324 e. The molecule has 0 saturated heterocycles. The van der Waals surface area contributed by atoms with Crippen LogP contribution in [0.25, 0.3) is 0 Å². The van der Waals surface area contributed by atoms with Crippen molar-refractivity contribution in [3.05, 3.63) is 11.1 Å². The number of carbonyl (C=O) groups is 1. The first-order valence-electron chi connectivity index (χ1n) is 4.65. The van der Waals surface area contributed by atoms with Crippen LogP contribution in [0, 0.1) is 0 Å². The third-order valence-corrected chi connectivity index (χ3v) is 3.02. The Kier molecular flexibility index (Phi) is 1.62. The summed E-state index contributed by atoms with van der Waals surface area (Å²) in [6.45, 7) is 2.17. The lowest BCUT2D eigenvalue weighted by Crippen LogP contribution is -2.45. The second kappa shape index (κ2) is 2.43. The monoisotopic (exact) mass is 166 g/mol. The van der Waals surface area contributed by atoms with Crippen molar-refractivity contribution in [2.24, 2.45) is 0 Å². The number of rotatable bonds is 0. The van der Waals surface area contributed by atoms with Crippen LogP contribution in [-0.4, -0.2) is 37.5 Å². The molecule has 66 valence electrons. The van der Waals surface area contributed by atoms with Crippen molar-refractivity contribution >= 4 is 5.78 Å². The molecule has 1 aliphatic heterocycles. The minimum absolute atomic E-state index is 0.413. The van der Waals surface area contributed by atoms with E-state index in [-0.39, 0.29) is 0 Å². The first-order chi connectivity index (χ1) is 5.58. The van der Waals surface area contributed by atoms with Crippen molar-refractivity contribution < 1.29 is 9.28 Å². The molecule has 0 N–H and O–H groups in total. The zero-order valence-corrected chi connectivity index (χ0v) is 7.89. The van der Waals surface area contributed by atoms with Crippen LogP contribution in [0.4, 0.5) is 0 Å². The number of carbonyl (C=O) groups excluding carboxylic acids is 1. The van der Waals surface area contributed by atoms with E-state index < -0.39 is 0 Å². The number of hydrogen-bond donors (Lipinski definition) is 0. The standard InChI is InChI=1S/C10H16NO/c1-11(2)6-5-8-3-4-10(12)9(8)7-11/h3-7H2,1-2H3/q+1.